The standard InChI is InChI=1S/C49H29N3S2/c1-3-10-31(11-4-1)37-16-9-17-42-45(37)41-27-24-36(29-44(41)53-42)49-51-47(33-13-5-2-6-14-33)50-48(52-49)34-20-18-30(19-21-34)35-23-25-39-40-26-22-32-12-7-8-15-38(32)46(40)54-43(39)28-35/h1-29H/i7D,8D,12D,15D,22D,23D,25D,26D,28D. The Kier molecular flexibility index (Phi) is 5.40. The minimum Gasteiger partial charge on any atom is -0.208 e. The van der Waals surface area contributed by atoms with E-state index in [1.54, 1.807) is 23.5 Å². The summed E-state index contributed by atoms with van der Waals surface area (Å²) in [5.74, 6) is 1.43. The van der Waals surface area contributed by atoms with E-state index in [0.29, 0.717) is 33.3 Å². The number of benzene rings is 8. The smallest absolute Gasteiger partial charge is 0.164 e. The molecule has 0 fully saturated rings. The molecule has 3 aromatic heterocycles. The zero-order valence-corrected chi connectivity index (χ0v) is 29.8. The summed E-state index contributed by atoms with van der Waals surface area (Å²) >= 11 is 2.77. The molecule has 0 aliphatic heterocycles. The zero-order valence-electron chi connectivity index (χ0n) is 37.2. The van der Waals surface area contributed by atoms with Crippen LogP contribution in [0.1, 0.15) is 12.3 Å². The van der Waals surface area contributed by atoms with E-state index in [4.69, 9.17) is 25.9 Å². The van der Waals surface area contributed by atoms with Gasteiger partial charge in [0.15, 0.2) is 17.5 Å². The van der Waals surface area contributed by atoms with Crippen molar-refractivity contribution in [2.24, 2.45) is 0 Å². The highest BCUT2D eigenvalue weighted by atomic mass is 32.1. The molecule has 0 radical (unpaired) electrons. The van der Waals surface area contributed by atoms with Gasteiger partial charge in [-0.3, -0.25) is 0 Å². The molecule has 0 spiro atoms. The van der Waals surface area contributed by atoms with Gasteiger partial charge < -0.3 is 0 Å². The highest BCUT2D eigenvalue weighted by Gasteiger charge is 2.16. The van der Waals surface area contributed by atoms with Crippen LogP contribution in [0.5, 0.6) is 0 Å². The summed E-state index contributed by atoms with van der Waals surface area (Å²) in [4.78, 5) is 14.9. The molecule has 54 heavy (non-hydrogen) atoms. The first-order chi connectivity index (χ1) is 30.5. The second-order valence-corrected chi connectivity index (χ2v) is 15.0. The number of hydrogen-bond donors (Lipinski definition) is 0. The summed E-state index contributed by atoms with van der Waals surface area (Å²) in [7, 11) is 0. The summed E-state index contributed by atoms with van der Waals surface area (Å²) in [6, 6.07) is 37.0. The average Bonchev–Trinajstić information content (AvgIpc) is 3.91. The van der Waals surface area contributed by atoms with Crippen LogP contribution in [0.2, 0.25) is 0 Å². The minimum atomic E-state index is -0.501. The topological polar surface area (TPSA) is 38.7 Å². The molecule has 0 aliphatic rings. The molecule has 0 amide bonds. The quantitative estimate of drug-likeness (QED) is 0.177. The van der Waals surface area contributed by atoms with Crippen molar-refractivity contribution in [3.63, 3.8) is 0 Å². The van der Waals surface area contributed by atoms with Crippen LogP contribution >= 0.6 is 22.7 Å². The first-order valence-electron chi connectivity index (χ1n) is 21.8. The fraction of sp³-hybridized carbons (Fsp3) is 0. The molecule has 5 heteroatoms. The van der Waals surface area contributed by atoms with Gasteiger partial charge in [-0.1, -0.05) is 158 Å². The molecule has 0 N–H and O–H groups in total. The molecule has 0 aliphatic carbocycles. The number of fused-ring (bicyclic) bond motifs is 8. The predicted molar refractivity (Wildman–Crippen MR) is 230 cm³/mol. The summed E-state index contributed by atoms with van der Waals surface area (Å²) in [5, 5.41) is 2.63. The van der Waals surface area contributed by atoms with Gasteiger partial charge in [0.05, 0.1) is 12.3 Å². The van der Waals surface area contributed by atoms with E-state index in [1.807, 2.05) is 54.6 Å². The third-order valence-corrected chi connectivity index (χ3v) is 11.9. The van der Waals surface area contributed by atoms with Crippen LogP contribution in [-0.4, -0.2) is 15.0 Å². The summed E-state index contributed by atoms with van der Waals surface area (Å²) in [6.45, 7) is 0. The van der Waals surface area contributed by atoms with Crippen LogP contribution in [0.25, 0.3) is 108 Å². The second kappa shape index (κ2) is 12.6. The third kappa shape index (κ3) is 5.20. The van der Waals surface area contributed by atoms with Gasteiger partial charge in [-0.15, -0.1) is 22.7 Å². The lowest BCUT2D eigenvalue weighted by atomic mass is 9.99. The molecular formula is C49H29N3S2. The van der Waals surface area contributed by atoms with Crippen molar-refractivity contribution >= 4 is 73.8 Å². The molecule has 0 saturated carbocycles. The Morgan fingerprint density at radius 1 is 0.407 bits per heavy atom. The molecule has 0 unspecified atom stereocenters. The van der Waals surface area contributed by atoms with Crippen molar-refractivity contribution in [3.8, 4) is 56.4 Å². The molecule has 11 rings (SSSR count). The second-order valence-electron chi connectivity index (χ2n) is 12.9. The molecule has 0 bridgehead atoms. The van der Waals surface area contributed by atoms with Crippen molar-refractivity contribution in [3.05, 3.63) is 176 Å². The van der Waals surface area contributed by atoms with Crippen molar-refractivity contribution in [1.29, 1.82) is 0 Å². The van der Waals surface area contributed by atoms with Crippen molar-refractivity contribution < 1.29 is 12.3 Å². The monoisotopic (exact) mass is 732 g/mol. The zero-order chi connectivity index (χ0) is 43.4. The van der Waals surface area contributed by atoms with Crippen LogP contribution < -0.4 is 0 Å². The molecule has 3 nitrogen and oxygen atoms in total. The van der Waals surface area contributed by atoms with E-state index in [2.05, 4.69) is 54.6 Å². The SMILES string of the molecule is [2H]c1c([2H])c([2H])c2c(c1[2H])c([2H])c([2H])c1c2sc2c([2H])c(-c3ccc(-c4nc(-c5ccccc5)nc(-c5ccc6c(c5)sc5cccc(-c7ccccc7)c56)n4)cc3)c([2H])c([2H])c21. The number of thiophene rings is 2. The molecule has 8 aromatic carbocycles. The van der Waals surface area contributed by atoms with E-state index in [0.717, 1.165) is 38.1 Å². The Morgan fingerprint density at radius 2 is 1.07 bits per heavy atom. The highest BCUT2D eigenvalue weighted by Crippen LogP contribution is 2.42. The van der Waals surface area contributed by atoms with E-state index in [-0.39, 0.29) is 62.0 Å². The Bertz CT molecular complexity index is 3720. The van der Waals surface area contributed by atoms with Gasteiger partial charge >= 0.3 is 0 Å². The van der Waals surface area contributed by atoms with Crippen LogP contribution in [0.15, 0.2) is 176 Å². The lowest BCUT2D eigenvalue weighted by Gasteiger charge is -2.09. The average molecular weight is 733 g/mol. The van der Waals surface area contributed by atoms with Gasteiger partial charge in [0.1, 0.15) is 0 Å². The highest BCUT2D eigenvalue weighted by molar-refractivity contribution is 7.27. The van der Waals surface area contributed by atoms with Crippen molar-refractivity contribution in [1.82, 2.24) is 15.0 Å². The van der Waals surface area contributed by atoms with Gasteiger partial charge in [-0.05, 0) is 51.2 Å². The number of hydrogen-bond acceptors (Lipinski definition) is 5. The maximum Gasteiger partial charge on any atom is 0.164 e. The van der Waals surface area contributed by atoms with Gasteiger partial charge in [0, 0.05) is 57.0 Å². The maximum atomic E-state index is 9.38. The lowest BCUT2D eigenvalue weighted by Crippen LogP contribution is -2.00. The maximum absolute atomic E-state index is 9.38. The van der Waals surface area contributed by atoms with E-state index in [9.17, 15) is 1.37 Å². The van der Waals surface area contributed by atoms with Gasteiger partial charge in [-0.2, -0.15) is 0 Å². The largest absolute Gasteiger partial charge is 0.208 e. The van der Waals surface area contributed by atoms with Crippen LogP contribution in [0.3, 0.4) is 0 Å². The molecule has 0 saturated heterocycles. The summed E-state index contributed by atoms with van der Waals surface area (Å²) < 4.78 is 81.9. The molecule has 3 heterocycles. The number of aromatic nitrogens is 3. The van der Waals surface area contributed by atoms with Crippen LogP contribution in [0, 0.1) is 0 Å². The van der Waals surface area contributed by atoms with Gasteiger partial charge in [0.25, 0.3) is 0 Å². The van der Waals surface area contributed by atoms with Crippen molar-refractivity contribution in [2.75, 3.05) is 0 Å². The molecular weight excluding hydrogens is 695 g/mol. The summed E-state index contributed by atoms with van der Waals surface area (Å²) in [6.07, 6.45) is 0. The first kappa shape index (κ1) is 23.2. The fourth-order valence-corrected chi connectivity index (χ4v) is 9.30. The van der Waals surface area contributed by atoms with Crippen LogP contribution in [0.4, 0.5) is 0 Å². The predicted octanol–water partition coefficient (Wildman–Crippen LogP) is 14.1. The molecule has 252 valence electrons. The Balaban J connectivity index is 1.04. The van der Waals surface area contributed by atoms with Gasteiger partial charge in [0.2, 0.25) is 0 Å². The van der Waals surface area contributed by atoms with E-state index < -0.39 is 24.2 Å². The van der Waals surface area contributed by atoms with E-state index >= 15 is 0 Å². The number of rotatable bonds is 5. The third-order valence-electron chi connectivity index (χ3n) is 9.63. The number of nitrogens with zero attached hydrogens (tertiary/aromatic N) is 3. The minimum absolute atomic E-state index is 0.0544. The molecule has 0 atom stereocenters. The van der Waals surface area contributed by atoms with Gasteiger partial charge in [-0.25, -0.2) is 15.0 Å². The Morgan fingerprint density at radius 3 is 1.87 bits per heavy atom. The van der Waals surface area contributed by atoms with Crippen molar-refractivity contribution in [2.45, 2.75) is 0 Å². The fourth-order valence-electron chi connectivity index (χ4n) is 7.01. The van der Waals surface area contributed by atoms with E-state index in [1.165, 1.54) is 15.6 Å². The normalized spacial score (nSPS) is 14.0. The first-order valence-corrected chi connectivity index (χ1v) is 18.9. The summed E-state index contributed by atoms with van der Waals surface area (Å²) in [5.41, 5.74) is 5.37. The lowest BCUT2D eigenvalue weighted by molar-refractivity contribution is 1.07. The Hall–Kier alpha value is -6.53. The molecule has 11 aromatic rings. The Labute approximate surface area is 332 Å². The van der Waals surface area contributed by atoms with Crippen LogP contribution in [-0.2, 0) is 0 Å².